The highest BCUT2D eigenvalue weighted by Crippen LogP contribution is 2.37. The highest BCUT2D eigenvalue weighted by Gasteiger charge is 2.49. The first-order valence-corrected chi connectivity index (χ1v) is 7.94. The monoisotopic (exact) mass is 357 g/mol. The van der Waals surface area contributed by atoms with Crippen LogP contribution in [0.5, 0.6) is 5.75 Å². The molecule has 122 valence electrons. The molecular weight excluding hydrogens is 347 g/mol. The number of nitrogens with zero attached hydrogens (tertiary/aromatic N) is 1. The zero-order valence-electron chi connectivity index (χ0n) is 11.1. The molecule has 2 rings (SSSR count). The minimum absolute atomic E-state index is 0.150. The molecule has 0 saturated heterocycles. The van der Waals surface area contributed by atoms with Crippen LogP contribution in [0.4, 0.5) is 13.2 Å². The largest absolute Gasteiger partial charge is 0.534 e. The van der Waals surface area contributed by atoms with E-state index in [0.717, 1.165) is 0 Å². The Kier molecular flexibility index (Phi) is 4.57. The van der Waals surface area contributed by atoms with Crippen LogP contribution in [0.1, 0.15) is 11.1 Å². The van der Waals surface area contributed by atoms with Gasteiger partial charge in [0.05, 0.1) is 5.02 Å². The molecular formula is C12H11ClF3NO4S. The number of fused-ring (bicyclic) bond motifs is 1. The third-order valence-corrected chi connectivity index (χ3v) is 4.50. The molecule has 0 aromatic heterocycles. The summed E-state index contributed by atoms with van der Waals surface area (Å²) in [5, 5.41) is -0.230. The number of hydrogen-bond donors (Lipinski definition) is 0. The van der Waals surface area contributed by atoms with Gasteiger partial charge in [-0.3, -0.25) is 4.79 Å². The van der Waals surface area contributed by atoms with Gasteiger partial charge in [-0.05, 0) is 24.5 Å². The molecule has 0 bridgehead atoms. The quantitative estimate of drug-likeness (QED) is 0.472. The predicted molar refractivity (Wildman–Crippen MR) is 72.1 cm³/mol. The first-order chi connectivity index (χ1) is 10.2. The van der Waals surface area contributed by atoms with E-state index in [0.29, 0.717) is 24.9 Å². The van der Waals surface area contributed by atoms with Gasteiger partial charge < -0.3 is 9.08 Å². The molecule has 0 spiro atoms. The van der Waals surface area contributed by atoms with Crippen molar-refractivity contribution in [3.63, 3.8) is 0 Å². The van der Waals surface area contributed by atoms with Gasteiger partial charge in [-0.2, -0.15) is 21.6 Å². The van der Waals surface area contributed by atoms with Gasteiger partial charge in [0.25, 0.3) is 0 Å². The summed E-state index contributed by atoms with van der Waals surface area (Å²) in [5.41, 5.74) is -4.68. The Labute approximate surface area is 129 Å². The Balaban J connectivity index is 2.44. The second-order valence-corrected chi connectivity index (χ2v) is 6.58. The number of benzene rings is 1. The molecule has 1 aliphatic heterocycles. The van der Waals surface area contributed by atoms with E-state index in [1.165, 1.54) is 11.0 Å². The molecule has 0 saturated carbocycles. The van der Waals surface area contributed by atoms with E-state index < -0.39 is 21.4 Å². The van der Waals surface area contributed by atoms with Crippen molar-refractivity contribution < 1.29 is 30.6 Å². The van der Waals surface area contributed by atoms with Crippen molar-refractivity contribution in [2.45, 2.75) is 18.3 Å². The van der Waals surface area contributed by atoms with E-state index >= 15 is 0 Å². The first-order valence-electron chi connectivity index (χ1n) is 6.16. The molecule has 0 N–H and O–H groups in total. The van der Waals surface area contributed by atoms with Crippen LogP contribution in [0, 0.1) is 0 Å². The third kappa shape index (κ3) is 3.30. The number of amides is 1. The molecule has 1 aromatic carbocycles. The number of carbonyl (C=O) groups excluding carboxylic acids is 1. The van der Waals surface area contributed by atoms with Gasteiger partial charge in [-0.15, -0.1) is 0 Å². The lowest BCUT2D eigenvalue weighted by molar-refractivity contribution is -0.118. The van der Waals surface area contributed by atoms with Crippen molar-refractivity contribution in [2.24, 2.45) is 0 Å². The van der Waals surface area contributed by atoms with Gasteiger partial charge in [0, 0.05) is 18.7 Å². The van der Waals surface area contributed by atoms with Crippen molar-refractivity contribution in [1.82, 2.24) is 4.90 Å². The first kappa shape index (κ1) is 16.9. The maximum absolute atomic E-state index is 12.5. The second-order valence-electron chi connectivity index (χ2n) is 4.64. The van der Waals surface area contributed by atoms with Gasteiger partial charge in [-0.1, -0.05) is 17.7 Å². The highest BCUT2D eigenvalue weighted by molar-refractivity contribution is 7.88. The molecule has 1 aromatic rings. The van der Waals surface area contributed by atoms with Crippen LogP contribution in [0.15, 0.2) is 12.1 Å². The maximum atomic E-state index is 12.5. The van der Waals surface area contributed by atoms with Gasteiger partial charge in [-0.25, -0.2) is 0 Å². The number of hydrogen-bond acceptors (Lipinski definition) is 4. The zero-order chi connectivity index (χ0) is 16.5. The van der Waals surface area contributed by atoms with Gasteiger partial charge in [0.1, 0.15) is 0 Å². The normalized spacial score (nSPS) is 15.9. The van der Waals surface area contributed by atoms with E-state index in [9.17, 15) is 26.4 Å². The molecule has 0 aliphatic carbocycles. The van der Waals surface area contributed by atoms with Crippen LogP contribution in [-0.2, 0) is 27.8 Å². The molecule has 5 nitrogen and oxygen atoms in total. The van der Waals surface area contributed by atoms with Crippen molar-refractivity contribution >= 4 is 28.1 Å². The molecule has 1 aliphatic rings. The second kappa shape index (κ2) is 5.96. The zero-order valence-corrected chi connectivity index (χ0v) is 12.6. The topological polar surface area (TPSA) is 63.7 Å². The molecule has 0 atom stereocenters. The van der Waals surface area contributed by atoms with Crippen LogP contribution in [0.25, 0.3) is 0 Å². The minimum Gasteiger partial charge on any atom is -0.374 e. The minimum atomic E-state index is -5.81. The third-order valence-electron chi connectivity index (χ3n) is 3.25. The van der Waals surface area contributed by atoms with Crippen molar-refractivity contribution in [1.29, 1.82) is 0 Å². The standard InChI is InChI=1S/C12H11ClF3NO4S/c13-10-2-1-8-3-5-17(7-18)6-4-9(8)11(10)21-22(19,20)12(14,15)16/h1-2,7H,3-6H2. The Morgan fingerprint density at radius 2 is 1.86 bits per heavy atom. The van der Waals surface area contributed by atoms with Crippen LogP contribution >= 0.6 is 11.6 Å². The van der Waals surface area contributed by atoms with Crippen LogP contribution in [-0.4, -0.2) is 38.3 Å². The number of carbonyl (C=O) groups is 1. The SMILES string of the molecule is O=CN1CCc2ccc(Cl)c(OS(=O)(=O)C(F)(F)F)c2CC1. The van der Waals surface area contributed by atoms with Crippen LogP contribution < -0.4 is 4.18 Å². The Bertz CT molecular complexity index is 690. The molecule has 10 heteroatoms. The van der Waals surface area contributed by atoms with Gasteiger partial charge in [0.15, 0.2) is 5.75 Å². The summed E-state index contributed by atoms with van der Waals surface area (Å²) in [6, 6.07) is 2.86. The summed E-state index contributed by atoms with van der Waals surface area (Å²) in [5.74, 6) is -0.524. The van der Waals surface area contributed by atoms with Crippen molar-refractivity contribution in [3.05, 3.63) is 28.3 Å². The average molecular weight is 358 g/mol. The van der Waals surface area contributed by atoms with E-state index in [2.05, 4.69) is 4.18 Å². The highest BCUT2D eigenvalue weighted by atomic mass is 35.5. The van der Waals surface area contributed by atoms with Gasteiger partial charge in [0.2, 0.25) is 6.41 Å². The molecule has 0 unspecified atom stereocenters. The average Bonchev–Trinajstić information content (AvgIpc) is 2.63. The predicted octanol–water partition coefficient (Wildman–Crippen LogP) is 2.13. The molecule has 0 radical (unpaired) electrons. The summed E-state index contributed by atoms with van der Waals surface area (Å²) in [7, 11) is -5.81. The Morgan fingerprint density at radius 3 is 2.45 bits per heavy atom. The summed E-state index contributed by atoms with van der Waals surface area (Å²) in [6.07, 6.45) is 1.14. The summed E-state index contributed by atoms with van der Waals surface area (Å²) in [4.78, 5) is 12.2. The Hall–Kier alpha value is -1.48. The van der Waals surface area contributed by atoms with Gasteiger partial charge >= 0.3 is 15.6 Å². The van der Waals surface area contributed by atoms with Crippen LogP contribution in [0.3, 0.4) is 0 Å². The van der Waals surface area contributed by atoms with Crippen LogP contribution in [0.2, 0.25) is 5.02 Å². The van der Waals surface area contributed by atoms with E-state index in [1.54, 1.807) is 6.07 Å². The summed E-state index contributed by atoms with van der Waals surface area (Å²) in [6.45, 7) is 0.614. The van der Waals surface area contributed by atoms with Crippen molar-refractivity contribution in [3.8, 4) is 5.75 Å². The molecule has 22 heavy (non-hydrogen) atoms. The Morgan fingerprint density at radius 1 is 1.23 bits per heavy atom. The van der Waals surface area contributed by atoms with E-state index in [4.69, 9.17) is 11.6 Å². The smallest absolute Gasteiger partial charge is 0.374 e. The molecule has 1 heterocycles. The van der Waals surface area contributed by atoms with E-state index in [1.807, 2.05) is 0 Å². The maximum Gasteiger partial charge on any atom is 0.534 e. The lowest BCUT2D eigenvalue weighted by Crippen LogP contribution is -2.28. The fourth-order valence-corrected chi connectivity index (χ4v) is 2.90. The lowest BCUT2D eigenvalue weighted by Gasteiger charge is -2.16. The number of rotatable bonds is 3. The summed E-state index contributed by atoms with van der Waals surface area (Å²) >= 11 is 5.80. The number of halogens is 4. The summed E-state index contributed by atoms with van der Waals surface area (Å²) < 4.78 is 64.0. The lowest BCUT2D eigenvalue weighted by atomic mass is 10.0. The molecule has 0 fully saturated rings. The molecule has 1 amide bonds. The number of alkyl halides is 3. The fourth-order valence-electron chi connectivity index (χ4n) is 2.13. The van der Waals surface area contributed by atoms with Crippen molar-refractivity contribution in [2.75, 3.05) is 13.1 Å². The fraction of sp³-hybridized carbons (Fsp3) is 0.417. The van der Waals surface area contributed by atoms with E-state index in [-0.39, 0.29) is 23.6 Å².